The van der Waals surface area contributed by atoms with Gasteiger partial charge >= 0.3 is 0 Å². The molecule has 1 amide bonds. The molecule has 1 aromatic carbocycles. The number of carbonyl (C=O) groups excluding carboxylic acids is 1. The number of fused-ring (bicyclic) bond motifs is 1. The smallest absolute Gasteiger partial charge is 0.228 e. The van der Waals surface area contributed by atoms with Crippen LogP contribution in [0.25, 0.3) is 0 Å². The molecule has 3 rings (SSSR count). The van der Waals surface area contributed by atoms with Crippen LogP contribution >= 0.6 is 11.8 Å². The molecule has 1 fully saturated rings. The van der Waals surface area contributed by atoms with Crippen LogP contribution in [0.3, 0.4) is 0 Å². The van der Waals surface area contributed by atoms with Crippen molar-refractivity contribution in [3.63, 3.8) is 0 Å². The van der Waals surface area contributed by atoms with Crippen LogP contribution in [-0.2, 0) is 11.2 Å². The highest BCUT2D eigenvalue weighted by Crippen LogP contribution is 2.37. The van der Waals surface area contributed by atoms with Crippen molar-refractivity contribution in [2.75, 3.05) is 34.8 Å². The summed E-state index contributed by atoms with van der Waals surface area (Å²) in [5.41, 5.74) is 9.98. The van der Waals surface area contributed by atoms with Crippen LogP contribution in [0, 0.1) is 0 Å². The Morgan fingerprint density at radius 2 is 2.15 bits per heavy atom. The first-order valence-corrected chi connectivity index (χ1v) is 8.04. The van der Waals surface area contributed by atoms with E-state index in [2.05, 4.69) is 24.1 Å². The molecule has 0 bridgehead atoms. The number of carbonyl (C=O) groups is 1. The zero-order valence-electron chi connectivity index (χ0n) is 12.0. The number of hydrogen-bond acceptors (Lipinski definition) is 4. The van der Waals surface area contributed by atoms with E-state index in [4.69, 9.17) is 5.73 Å². The van der Waals surface area contributed by atoms with Gasteiger partial charge in [-0.2, -0.15) is 11.8 Å². The lowest BCUT2D eigenvalue weighted by Crippen LogP contribution is -2.27. The van der Waals surface area contributed by atoms with E-state index in [1.165, 1.54) is 0 Å². The number of nitrogens with zero attached hydrogens (tertiary/aromatic N) is 1. The second-order valence-electron chi connectivity index (χ2n) is 6.14. The first-order valence-electron chi connectivity index (χ1n) is 7.06. The Kier molecular flexibility index (Phi) is 3.32. The minimum Gasteiger partial charge on any atom is -0.397 e. The van der Waals surface area contributed by atoms with Gasteiger partial charge < -0.3 is 16.0 Å². The Balaban J connectivity index is 1.87. The topological polar surface area (TPSA) is 58.4 Å². The Morgan fingerprint density at radius 3 is 2.95 bits per heavy atom. The molecule has 3 N–H and O–H groups in total. The molecule has 108 valence electrons. The number of rotatable bonds is 1. The molecule has 0 aliphatic carbocycles. The zero-order chi connectivity index (χ0) is 14.3. The van der Waals surface area contributed by atoms with E-state index < -0.39 is 0 Å². The fourth-order valence-corrected chi connectivity index (χ4v) is 3.92. The van der Waals surface area contributed by atoms with Crippen LogP contribution in [0.1, 0.15) is 25.8 Å². The summed E-state index contributed by atoms with van der Waals surface area (Å²) in [5.74, 6) is 1.17. The number of nitrogens with two attached hydrogens (primary N) is 1. The maximum atomic E-state index is 11.5. The van der Waals surface area contributed by atoms with Crippen molar-refractivity contribution >= 4 is 34.7 Å². The van der Waals surface area contributed by atoms with Crippen molar-refractivity contribution < 1.29 is 4.79 Å². The zero-order valence-corrected chi connectivity index (χ0v) is 12.8. The molecule has 0 radical (unpaired) electrons. The molecule has 0 unspecified atom stereocenters. The lowest BCUT2D eigenvalue weighted by molar-refractivity contribution is -0.115. The monoisotopic (exact) mass is 291 g/mol. The van der Waals surface area contributed by atoms with Gasteiger partial charge in [0.1, 0.15) is 0 Å². The van der Waals surface area contributed by atoms with Gasteiger partial charge in [-0.1, -0.05) is 13.8 Å². The van der Waals surface area contributed by atoms with E-state index in [-0.39, 0.29) is 5.91 Å². The first kappa shape index (κ1) is 13.6. The normalized spacial score (nSPS) is 21.3. The second-order valence-corrected chi connectivity index (χ2v) is 7.94. The van der Waals surface area contributed by atoms with E-state index >= 15 is 0 Å². The van der Waals surface area contributed by atoms with Crippen LogP contribution in [0.4, 0.5) is 17.1 Å². The number of nitrogen functional groups attached to an aromatic ring is 1. The molecule has 0 spiro atoms. The molecule has 2 aliphatic heterocycles. The number of hydrogen-bond donors (Lipinski definition) is 2. The van der Waals surface area contributed by atoms with Gasteiger partial charge in [-0.05, 0) is 24.1 Å². The lowest BCUT2D eigenvalue weighted by Gasteiger charge is -2.26. The summed E-state index contributed by atoms with van der Waals surface area (Å²) in [4.78, 5) is 13.8. The van der Waals surface area contributed by atoms with Crippen LogP contribution in [0.15, 0.2) is 12.1 Å². The predicted octanol–water partition coefficient (Wildman–Crippen LogP) is 2.49. The molecule has 1 saturated heterocycles. The highest BCUT2D eigenvalue weighted by atomic mass is 32.2. The average Bonchev–Trinajstić information content (AvgIpc) is 2.61. The van der Waals surface area contributed by atoms with Crippen molar-refractivity contribution in [3.8, 4) is 0 Å². The second kappa shape index (κ2) is 4.88. The highest BCUT2D eigenvalue weighted by molar-refractivity contribution is 8.00. The average molecular weight is 291 g/mol. The minimum absolute atomic E-state index is 0.0594. The fraction of sp³-hybridized carbons (Fsp3) is 0.533. The van der Waals surface area contributed by atoms with Crippen LogP contribution < -0.4 is 16.0 Å². The number of thioether (sulfide) groups is 1. The van der Waals surface area contributed by atoms with Gasteiger partial charge in [0.05, 0.1) is 17.8 Å². The van der Waals surface area contributed by atoms with Crippen molar-refractivity contribution in [1.29, 1.82) is 0 Å². The molecule has 0 saturated carbocycles. The molecule has 20 heavy (non-hydrogen) atoms. The van der Waals surface area contributed by atoms with Gasteiger partial charge in [0, 0.05) is 29.3 Å². The Hall–Kier alpha value is -1.36. The van der Waals surface area contributed by atoms with Gasteiger partial charge in [0.15, 0.2) is 0 Å². The summed E-state index contributed by atoms with van der Waals surface area (Å²) in [6, 6.07) is 3.99. The summed E-state index contributed by atoms with van der Waals surface area (Å²) in [6.45, 7) is 6.61. The Morgan fingerprint density at radius 1 is 1.35 bits per heavy atom. The third-order valence-corrected chi connectivity index (χ3v) is 5.43. The number of amides is 1. The third-order valence-electron chi connectivity index (χ3n) is 4.06. The quantitative estimate of drug-likeness (QED) is 0.781. The molecule has 5 heteroatoms. The fourth-order valence-electron chi connectivity index (χ4n) is 2.82. The van der Waals surface area contributed by atoms with Crippen molar-refractivity contribution in [2.45, 2.75) is 31.4 Å². The van der Waals surface area contributed by atoms with E-state index in [0.29, 0.717) is 11.2 Å². The minimum atomic E-state index is 0.0594. The van der Waals surface area contributed by atoms with Crippen molar-refractivity contribution in [3.05, 3.63) is 17.7 Å². The number of nitrogens with one attached hydrogen (secondary N) is 1. The van der Waals surface area contributed by atoms with Gasteiger partial charge in [-0.25, -0.2) is 0 Å². The maximum Gasteiger partial charge on any atom is 0.228 e. The summed E-state index contributed by atoms with van der Waals surface area (Å²) < 4.78 is 0.328. The summed E-state index contributed by atoms with van der Waals surface area (Å²) in [7, 11) is 0. The van der Waals surface area contributed by atoms with Crippen LogP contribution in [0.2, 0.25) is 0 Å². The number of anilines is 3. The summed E-state index contributed by atoms with van der Waals surface area (Å²) >= 11 is 2.02. The lowest BCUT2D eigenvalue weighted by atomic mass is 10.1. The van der Waals surface area contributed by atoms with Crippen LogP contribution in [0.5, 0.6) is 0 Å². The van der Waals surface area contributed by atoms with Crippen LogP contribution in [-0.4, -0.2) is 29.5 Å². The van der Waals surface area contributed by atoms with E-state index in [9.17, 15) is 4.79 Å². The van der Waals surface area contributed by atoms with Gasteiger partial charge in [-0.3, -0.25) is 4.79 Å². The molecular weight excluding hydrogens is 270 g/mol. The molecule has 0 aromatic heterocycles. The van der Waals surface area contributed by atoms with Crippen molar-refractivity contribution in [2.24, 2.45) is 0 Å². The summed E-state index contributed by atoms with van der Waals surface area (Å²) in [5, 5.41) is 2.91. The van der Waals surface area contributed by atoms with Gasteiger partial charge in [0.2, 0.25) is 5.91 Å². The highest BCUT2D eigenvalue weighted by Gasteiger charge is 2.26. The van der Waals surface area contributed by atoms with Crippen molar-refractivity contribution in [1.82, 2.24) is 0 Å². The molecule has 1 aromatic rings. The largest absolute Gasteiger partial charge is 0.397 e. The van der Waals surface area contributed by atoms with Gasteiger partial charge in [-0.15, -0.1) is 0 Å². The van der Waals surface area contributed by atoms with E-state index in [1.807, 2.05) is 23.9 Å². The molecule has 4 nitrogen and oxygen atoms in total. The third kappa shape index (κ3) is 2.59. The maximum absolute atomic E-state index is 11.5. The SMILES string of the molecule is CC1(C)CCN(c2cc3c(cc2N)CC(=O)N3)CCS1. The first-order chi connectivity index (χ1) is 9.44. The van der Waals surface area contributed by atoms with Gasteiger partial charge in [0.25, 0.3) is 0 Å². The van der Waals surface area contributed by atoms with E-state index in [1.54, 1.807) is 0 Å². The summed E-state index contributed by atoms with van der Waals surface area (Å²) in [6.07, 6.45) is 1.59. The standard InChI is InChI=1S/C15H21N3OS/c1-15(2)3-4-18(5-6-20-15)13-9-12-10(7-11(13)16)8-14(19)17-12/h7,9H,3-6,8,16H2,1-2H3,(H,17,19). The molecule has 2 aliphatic rings. The Bertz CT molecular complexity index is 556. The van der Waals surface area contributed by atoms with E-state index in [0.717, 1.165) is 47.9 Å². The molecular formula is C15H21N3OS. The predicted molar refractivity (Wildman–Crippen MR) is 86.6 cm³/mol. The Labute approximate surface area is 124 Å². The molecule has 2 heterocycles. The number of benzene rings is 1. The molecule has 0 atom stereocenters.